The third-order valence-electron chi connectivity index (χ3n) is 4.58. The minimum atomic E-state index is -0.0545. The Labute approximate surface area is 158 Å². The first-order valence-electron chi connectivity index (χ1n) is 8.47. The predicted molar refractivity (Wildman–Crippen MR) is 100 cm³/mol. The van der Waals surface area contributed by atoms with Gasteiger partial charge in [-0.2, -0.15) is 0 Å². The lowest BCUT2D eigenvalue weighted by molar-refractivity contribution is -0.131. The topological polar surface area (TPSA) is 48.0 Å². The number of methoxy groups -OCH3 is 1. The van der Waals surface area contributed by atoms with Crippen LogP contribution in [0, 0.1) is 0 Å². The number of nitrogens with zero attached hydrogens (tertiary/aromatic N) is 1. The molecule has 0 spiro atoms. The van der Waals surface area contributed by atoms with Crippen molar-refractivity contribution in [1.29, 1.82) is 0 Å². The molecule has 2 aromatic carbocycles. The number of halogens is 1. The van der Waals surface area contributed by atoms with Crippen LogP contribution in [0.25, 0.3) is 0 Å². The highest BCUT2D eigenvalue weighted by molar-refractivity contribution is 6.32. The van der Waals surface area contributed by atoms with E-state index in [9.17, 15) is 4.79 Å². The highest BCUT2D eigenvalue weighted by Crippen LogP contribution is 2.38. The molecule has 0 bridgehead atoms. The molecule has 1 unspecified atom stereocenters. The van der Waals surface area contributed by atoms with Gasteiger partial charge in [-0.3, -0.25) is 4.79 Å². The van der Waals surface area contributed by atoms with Gasteiger partial charge in [0.2, 0.25) is 5.91 Å². The van der Waals surface area contributed by atoms with Crippen LogP contribution in [-0.4, -0.2) is 38.2 Å². The SMILES string of the molecule is COc1ccc(C(C)N(C)C(=O)Cc2cc(Cl)c3c(c2)OCCO3)cc1. The number of carbonyl (C=O) groups excluding carboxylic acids is 1. The summed E-state index contributed by atoms with van der Waals surface area (Å²) in [4.78, 5) is 14.4. The molecule has 0 radical (unpaired) electrons. The molecule has 26 heavy (non-hydrogen) atoms. The Morgan fingerprint density at radius 2 is 1.92 bits per heavy atom. The molecule has 0 aliphatic carbocycles. The molecule has 6 heteroatoms. The molecule has 1 heterocycles. The molecule has 1 aliphatic heterocycles. The van der Waals surface area contributed by atoms with Crippen LogP contribution in [0.3, 0.4) is 0 Å². The van der Waals surface area contributed by atoms with Crippen LogP contribution in [-0.2, 0) is 11.2 Å². The molecule has 3 rings (SSSR count). The van der Waals surface area contributed by atoms with Crippen LogP contribution in [0.15, 0.2) is 36.4 Å². The van der Waals surface area contributed by atoms with Gasteiger partial charge in [-0.1, -0.05) is 23.7 Å². The molecular weight excluding hydrogens is 354 g/mol. The average Bonchev–Trinajstić information content (AvgIpc) is 2.67. The van der Waals surface area contributed by atoms with E-state index in [2.05, 4.69) is 0 Å². The maximum Gasteiger partial charge on any atom is 0.227 e. The van der Waals surface area contributed by atoms with Crippen LogP contribution in [0.4, 0.5) is 0 Å². The summed E-state index contributed by atoms with van der Waals surface area (Å²) in [6, 6.07) is 11.3. The van der Waals surface area contributed by atoms with Gasteiger partial charge >= 0.3 is 0 Å². The number of hydrogen-bond donors (Lipinski definition) is 0. The average molecular weight is 376 g/mol. The summed E-state index contributed by atoms with van der Waals surface area (Å²) in [5.74, 6) is 1.94. The Bertz CT molecular complexity index is 791. The number of fused-ring (bicyclic) bond motifs is 1. The van der Waals surface area contributed by atoms with Gasteiger partial charge in [0.25, 0.3) is 0 Å². The standard InChI is InChI=1S/C20H22ClNO4/c1-13(15-4-6-16(24-3)7-5-15)22(2)19(23)12-14-10-17(21)20-18(11-14)25-8-9-26-20/h4-7,10-11,13H,8-9,12H2,1-3H3. The Hall–Kier alpha value is -2.40. The molecule has 0 saturated carbocycles. The van der Waals surface area contributed by atoms with E-state index in [0.29, 0.717) is 29.7 Å². The molecular formula is C20H22ClNO4. The molecule has 2 aromatic rings. The fourth-order valence-corrected chi connectivity index (χ4v) is 3.18. The largest absolute Gasteiger partial charge is 0.497 e. The number of hydrogen-bond acceptors (Lipinski definition) is 4. The molecule has 5 nitrogen and oxygen atoms in total. The van der Waals surface area contributed by atoms with E-state index in [-0.39, 0.29) is 18.4 Å². The Morgan fingerprint density at radius 3 is 2.62 bits per heavy atom. The fraction of sp³-hybridized carbons (Fsp3) is 0.350. The number of benzene rings is 2. The normalized spacial score (nSPS) is 13.8. The maximum absolute atomic E-state index is 12.7. The molecule has 0 fully saturated rings. The highest BCUT2D eigenvalue weighted by atomic mass is 35.5. The van der Waals surface area contributed by atoms with Gasteiger partial charge in [0.05, 0.1) is 24.6 Å². The molecule has 138 valence electrons. The molecule has 1 atom stereocenters. The van der Waals surface area contributed by atoms with Crippen molar-refractivity contribution in [3.63, 3.8) is 0 Å². The van der Waals surface area contributed by atoms with Gasteiger partial charge in [-0.15, -0.1) is 0 Å². The van der Waals surface area contributed by atoms with Crippen LogP contribution in [0.5, 0.6) is 17.2 Å². The summed E-state index contributed by atoms with van der Waals surface area (Å²) >= 11 is 6.26. The lowest BCUT2D eigenvalue weighted by Gasteiger charge is -2.26. The maximum atomic E-state index is 12.7. The summed E-state index contributed by atoms with van der Waals surface area (Å²) in [6.07, 6.45) is 0.243. The lowest BCUT2D eigenvalue weighted by atomic mass is 10.1. The summed E-state index contributed by atoms with van der Waals surface area (Å²) in [5.41, 5.74) is 1.85. The Kier molecular flexibility index (Phi) is 5.57. The predicted octanol–water partition coefficient (Wildman–Crippen LogP) is 3.88. The van der Waals surface area contributed by atoms with Crippen molar-refractivity contribution in [1.82, 2.24) is 4.90 Å². The van der Waals surface area contributed by atoms with E-state index in [1.54, 1.807) is 25.1 Å². The third kappa shape index (κ3) is 3.88. The highest BCUT2D eigenvalue weighted by Gasteiger charge is 2.21. The number of carbonyl (C=O) groups is 1. The van der Waals surface area contributed by atoms with Crippen molar-refractivity contribution in [2.75, 3.05) is 27.4 Å². The quantitative estimate of drug-likeness (QED) is 0.795. The monoisotopic (exact) mass is 375 g/mol. The molecule has 1 amide bonds. The number of rotatable bonds is 5. The van der Waals surface area contributed by atoms with E-state index in [4.69, 9.17) is 25.8 Å². The molecule has 1 aliphatic rings. The zero-order valence-electron chi connectivity index (χ0n) is 15.1. The molecule has 0 aromatic heterocycles. The van der Waals surface area contributed by atoms with Crippen molar-refractivity contribution in [2.45, 2.75) is 19.4 Å². The van der Waals surface area contributed by atoms with Gasteiger partial charge < -0.3 is 19.1 Å². The van der Waals surface area contributed by atoms with Crippen molar-refractivity contribution in [3.8, 4) is 17.2 Å². The Morgan fingerprint density at radius 1 is 1.23 bits per heavy atom. The van der Waals surface area contributed by atoms with Crippen LogP contribution in [0.2, 0.25) is 5.02 Å². The van der Waals surface area contributed by atoms with E-state index in [1.807, 2.05) is 37.3 Å². The Balaban J connectivity index is 1.71. The second-order valence-corrected chi connectivity index (χ2v) is 6.64. The molecule has 0 saturated heterocycles. The van der Waals surface area contributed by atoms with Crippen molar-refractivity contribution in [3.05, 3.63) is 52.5 Å². The minimum Gasteiger partial charge on any atom is -0.497 e. The van der Waals surface area contributed by atoms with Gasteiger partial charge in [0.1, 0.15) is 19.0 Å². The van der Waals surface area contributed by atoms with E-state index in [1.165, 1.54) is 0 Å². The summed E-state index contributed by atoms with van der Waals surface area (Å²) in [6.45, 7) is 2.96. The fourth-order valence-electron chi connectivity index (χ4n) is 2.89. The van der Waals surface area contributed by atoms with E-state index >= 15 is 0 Å². The smallest absolute Gasteiger partial charge is 0.227 e. The van der Waals surface area contributed by atoms with Gasteiger partial charge in [-0.05, 0) is 42.3 Å². The second kappa shape index (κ2) is 7.87. The first-order valence-corrected chi connectivity index (χ1v) is 8.85. The van der Waals surface area contributed by atoms with Crippen molar-refractivity contribution in [2.24, 2.45) is 0 Å². The van der Waals surface area contributed by atoms with E-state index < -0.39 is 0 Å². The van der Waals surface area contributed by atoms with E-state index in [0.717, 1.165) is 16.9 Å². The zero-order chi connectivity index (χ0) is 18.7. The zero-order valence-corrected chi connectivity index (χ0v) is 15.9. The van der Waals surface area contributed by atoms with Crippen molar-refractivity contribution >= 4 is 17.5 Å². The first-order chi connectivity index (χ1) is 12.5. The number of amides is 1. The molecule has 0 N–H and O–H groups in total. The summed E-state index contributed by atoms with van der Waals surface area (Å²) in [5, 5.41) is 0.468. The van der Waals surface area contributed by atoms with Crippen LogP contribution < -0.4 is 14.2 Å². The summed E-state index contributed by atoms with van der Waals surface area (Å²) < 4.78 is 16.3. The lowest BCUT2D eigenvalue weighted by Crippen LogP contribution is -2.31. The second-order valence-electron chi connectivity index (χ2n) is 6.23. The van der Waals surface area contributed by atoms with Crippen LogP contribution >= 0.6 is 11.6 Å². The van der Waals surface area contributed by atoms with Crippen LogP contribution in [0.1, 0.15) is 24.1 Å². The van der Waals surface area contributed by atoms with Gasteiger partial charge in [0.15, 0.2) is 11.5 Å². The van der Waals surface area contributed by atoms with Crippen molar-refractivity contribution < 1.29 is 19.0 Å². The number of ether oxygens (including phenoxy) is 3. The summed E-state index contributed by atoms with van der Waals surface area (Å²) in [7, 11) is 3.43. The minimum absolute atomic E-state index is 0.000984. The first kappa shape index (κ1) is 18.4. The number of likely N-dealkylation sites (N-methyl/N-ethyl adjacent to an activating group) is 1. The van der Waals surface area contributed by atoms with Gasteiger partial charge in [-0.25, -0.2) is 0 Å². The van der Waals surface area contributed by atoms with Gasteiger partial charge in [0, 0.05) is 7.05 Å². The third-order valence-corrected chi connectivity index (χ3v) is 4.87.